The molecule has 6 heteroatoms. The first kappa shape index (κ1) is 17.5. The molecule has 5 nitrogen and oxygen atoms in total. The Kier molecular flexibility index (Phi) is 8.74. The fourth-order valence-corrected chi connectivity index (χ4v) is 1.49. The van der Waals surface area contributed by atoms with Gasteiger partial charge in [-0.3, -0.25) is 4.79 Å². The summed E-state index contributed by atoms with van der Waals surface area (Å²) >= 11 is 0. The van der Waals surface area contributed by atoms with Gasteiger partial charge in [-0.1, -0.05) is 0 Å². The van der Waals surface area contributed by atoms with Crippen LogP contribution in [0.15, 0.2) is 18.2 Å². The number of anilines is 1. The first-order chi connectivity index (χ1) is 8.71. The predicted molar refractivity (Wildman–Crippen MR) is 78.3 cm³/mol. The normalized spacial score (nSPS) is 9.42. The highest BCUT2D eigenvalue weighted by atomic mass is 35.5. The van der Waals surface area contributed by atoms with Crippen LogP contribution in [0.1, 0.15) is 19.8 Å². The van der Waals surface area contributed by atoms with Gasteiger partial charge in [-0.25, -0.2) is 0 Å². The van der Waals surface area contributed by atoms with Gasteiger partial charge >= 0.3 is 0 Å². The number of rotatable bonds is 7. The molecular formula is C13H21ClN2O3. The molecule has 1 aromatic rings. The predicted octanol–water partition coefficient (Wildman–Crippen LogP) is 2.19. The highest BCUT2D eigenvalue weighted by Crippen LogP contribution is 2.29. The van der Waals surface area contributed by atoms with Crippen molar-refractivity contribution in [3.8, 4) is 11.5 Å². The number of ether oxygens (including phenoxy) is 2. The molecule has 0 saturated carbocycles. The molecule has 0 bridgehead atoms. The number of hydrogen-bond acceptors (Lipinski definition) is 4. The molecule has 0 aromatic heterocycles. The zero-order valence-corrected chi connectivity index (χ0v) is 12.1. The number of hydrogen-bond donors (Lipinski definition) is 2. The Morgan fingerprint density at radius 2 is 2.16 bits per heavy atom. The zero-order chi connectivity index (χ0) is 13.4. The summed E-state index contributed by atoms with van der Waals surface area (Å²) in [5.74, 6) is 1.24. The molecular weight excluding hydrogens is 268 g/mol. The molecule has 1 aromatic carbocycles. The molecule has 0 unspecified atom stereocenters. The molecule has 0 heterocycles. The monoisotopic (exact) mass is 288 g/mol. The third-order valence-corrected chi connectivity index (χ3v) is 2.37. The number of amides is 1. The lowest BCUT2D eigenvalue weighted by atomic mass is 10.2. The quantitative estimate of drug-likeness (QED) is 0.807. The van der Waals surface area contributed by atoms with Gasteiger partial charge in [0.15, 0.2) is 0 Å². The third-order valence-electron chi connectivity index (χ3n) is 2.37. The molecule has 0 aliphatic rings. The summed E-state index contributed by atoms with van der Waals surface area (Å²) in [6, 6.07) is 5.31. The van der Waals surface area contributed by atoms with E-state index in [-0.39, 0.29) is 18.3 Å². The van der Waals surface area contributed by atoms with Crippen molar-refractivity contribution in [2.45, 2.75) is 19.8 Å². The van der Waals surface area contributed by atoms with Crippen LogP contribution < -0.4 is 20.5 Å². The summed E-state index contributed by atoms with van der Waals surface area (Å²) < 4.78 is 10.6. The van der Waals surface area contributed by atoms with E-state index in [9.17, 15) is 4.79 Å². The molecule has 0 fully saturated rings. The summed E-state index contributed by atoms with van der Waals surface area (Å²) in [5.41, 5.74) is 5.99. The topological polar surface area (TPSA) is 73.6 Å². The SMILES string of the molecule is CCOc1ccc(OC)cc1NC(=O)CCCN.Cl. The standard InChI is InChI=1S/C13H20N2O3.ClH/c1-3-18-12-7-6-10(17-2)9-11(12)15-13(16)5-4-8-14;/h6-7,9H,3-5,8,14H2,1-2H3,(H,15,16);1H. The maximum atomic E-state index is 11.7. The Hall–Kier alpha value is -1.46. The van der Waals surface area contributed by atoms with E-state index in [0.717, 1.165) is 0 Å². The Morgan fingerprint density at radius 1 is 1.42 bits per heavy atom. The molecule has 0 atom stereocenters. The Labute approximate surface area is 119 Å². The minimum atomic E-state index is -0.0744. The third kappa shape index (κ3) is 5.81. The smallest absolute Gasteiger partial charge is 0.224 e. The van der Waals surface area contributed by atoms with E-state index in [4.69, 9.17) is 15.2 Å². The summed E-state index contributed by atoms with van der Waals surface area (Å²) in [6.45, 7) is 2.94. The maximum Gasteiger partial charge on any atom is 0.224 e. The lowest BCUT2D eigenvalue weighted by molar-refractivity contribution is -0.116. The fraction of sp³-hybridized carbons (Fsp3) is 0.462. The van der Waals surface area contributed by atoms with Crippen LogP contribution in [-0.2, 0) is 4.79 Å². The van der Waals surface area contributed by atoms with Crippen LogP contribution in [0.3, 0.4) is 0 Å². The Balaban J connectivity index is 0.00000324. The van der Waals surface area contributed by atoms with Gasteiger partial charge in [0.25, 0.3) is 0 Å². The van der Waals surface area contributed by atoms with Crippen LogP contribution in [0.2, 0.25) is 0 Å². The van der Waals surface area contributed by atoms with Gasteiger partial charge in [0.05, 0.1) is 19.4 Å². The van der Waals surface area contributed by atoms with E-state index < -0.39 is 0 Å². The molecule has 3 N–H and O–H groups in total. The summed E-state index contributed by atoms with van der Waals surface area (Å²) in [5, 5.41) is 2.81. The highest BCUT2D eigenvalue weighted by molar-refractivity contribution is 5.92. The van der Waals surface area contributed by atoms with Gasteiger partial charge < -0.3 is 20.5 Å². The fourth-order valence-electron chi connectivity index (χ4n) is 1.49. The number of carbonyl (C=O) groups excluding carboxylic acids is 1. The largest absolute Gasteiger partial charge is 0.497 e. The summed E-state index contributed by atoms with van der Waals surface area (Å²) in [4.78, 5) is 11.7. The van der Waals surface area contributed by atoms with Crippen LogP contribution in [0.5, 0.6) is 11.5 Å². The van der Waals surface area contributed by atoms with Crippen LogP contribution in [0, 0.1) is 0 Å². The van der Waals surface area contributed by atoms with Gasteiger partial charge in [-0.15, -0.1) is 12.4 Å². The van der Waals surface area contributed by atoms with Crippen LogP contribution in [0.4, 0.5) is 5.69 Å². The van der Waals surface area contributed by atoms with Crippen molar-refractivity contribution >= 4 is 24.0 Å². The number of methoxy groups -OCH3 is 1. The van der Waals surface area contributed by atoms with Crippen molar-refractivity contribution in [1.29, 1.82) is 0 Å². The Bertz CT molecular complexity index is 399. The molecule has 0 spiro atoms. The van der Waals surface area contributed by atoms with Gasteiger partial charge in [0.1, 0.15) is 11.5 Å². The summed E-state index contributed by atoms with van der Waals surface area (Å²) in [7, 11) is 1.58. The number of nitrogens with two attached hydrogens (primary N) is 1. The minimum absolute atomic E-state index is 0. The number of benzene rings is 1. The van der Waals surface area contributed by atoms with Gasteiger partial charge in [-0.2, -0.15) is 0 Å². The van der Waals surface area contributed by atoms with Crippen molar-refractivity contribution < 1.29 is 14.3 Å². The lowest BCUT2D eigenvalue weighted by Gasteiger charge is -2.12. The average molecular weight is 289 g/mol. The van der Waals surface area contributed by atoms with Crippen molar-refractivity contribution in [3.05, 3.63) is 18.2 Å². The second-order valence-corrected chi connectivity index (χ2v) is 3.74. The van der Waals surface area contributed by atoms with E-state index in [2.05, 4.69) is 5.32 Å². The molecule has 0 aliphatic heterocycles. The van der Waals surface area contributed by atoms with Crippen LogP contribution >= 0.6 is 12.4 Å². The van der Waals surface area contributed by atoms with Crippen molar-refractivity contribution in [2.24, 2.45) is 5.73 Å². The number of carbonyl (C=O) groups is 1. The second-order valence-electron chi connectivity index (χ2n) is 3.74. The zero-order valence-electron chi connectivity index (χ0n) is 11.3. The minimum Gasteiger partial charge on any atom is -0.497 e. The first-order valence-electron chi connectivity index (χ1n) is 6.02. The van der Waals surface area contributed by atoms with E-state index in [1.165, 1.54) is 0 Å². The molecule has 1 amide bonds. The van der Waals surface area contributed by atoms with Crippen molar-refractivity contribution in [2.75, 3.05) is 25.6 Å². The molecule has 1 rings (SSSR count). The first-order valence-corrected chi connectivity index (χ1v) is 6.02. The average Bonchev–Trinajstić information content (AvgIpc) is 2.38. The van der Waals surface area contributed by atoms with E-state index in [0.29, 0.717) is 43.2 Å². The van der Waals surface area contributed by atoms with Crippen molar-refractivity contribution in [3.63, 3.8) is 0 Å². The van der Waals surface area contributed by atoms with Crippen LogP contribution in [0.25, 0.3) is 0 Å². The molecule has 108 valence electrons. The molecule has 0 radical (unpaired) electrons. The number of halogens is 1. The van der Waals surface area contributed by atoms with Gasteiger partial charge in [0.2, 0.25) is 5.91 Å². The Morgan fingerprint density at radius 3 is 2.74 bits per heavy atom. The maximum absolute atomic E-state index is 11.7. The second kappa shape index (κ2) is 9.47. The molecule has 0 aliphatic carbocycles. The van der Waals surface area contributed by atoms with E-state index >= 15 is 0 Å². The lowest BCUT2D eigenvalue weighted by Crippen LogP contribution is -2.14. The van der Waals surface area contributed by atoms with Crippen LogP contribution in [-0.4, -0.2) is 26.2 Å². The summed E-state index contributed by atoms with van der Waals surface area (Å²) in [6.07, 6.45) is 1.07. The van der Waals surface area contributed by atoms with E-state index in [1.807, 2.05) is 6.92 Å². The van der Waals surface area contributed by atoms with E-state index in [1.54, 1.807) is 25.3 Å². The van der Waals surface area contributed by atoms with Gasteiger partial charge in [0, 0.05) is 12.5 Å². The number of nitrogens with one attached hydrogen (secondary N) is 1. The highest BCUT2D eigenvalue weighted by Gasteiger charge is 2.09. The van der Waals surface area contributed by atoms with Crippen molar-refractivity contribution in [1.82, 2.24) is 0 Å². The molecule has 0 saturated heterocycles. The molecule has 19 heavy (non-hydrogen) atoms. The van der Waals surface area contributed by atoms with Gasteiger partial charge in [-0.05, 0) is 32.0 Å².